The minimum Gasteiger partial charge on any atom is -0.445 e. The fourth-order valence-electron chi connectivity index (χ4n) is 4.17. The van der Waals surface area contributed by atoms with Crippen molar-refractivity contribution in [1.82, 2.24) is 16.0 Å². The third-order valence-electron chi connectivity index (χ3n) is 6.23. The quantitative estimate of drug-likeness (QED) is 0.199. The van der Waals surface area contributed by atoms with Gasteiger partial charge in [-0.05, 0) is 80.1 Å². The molecule has 0 aromatic heterocycles. The first kappa shape index (κ1) is 32.1. The van der Waals surface area contributed by atoms with E-state index in [-0.39, 0.29) is 6.61 Å². The number of hydrogen-bond donors (Lipinski definition) is 4. The number of carbonyl (C=O) groups is 3. The molecule has 0 radical (unpaired) electrons. The van der Waals surface area contributed by atoms with Crippen LogP contribution in [0.4, 0.5) is 9.59 Å². The SMILES string of the molecule is CC(C)(C)OC(=O)NCCCN[C@@H](Cc1ccc2cc(C=CCCNC(=O)OCc3ccccc3)ccc2c1)C(N)=O. The van der Waals surface area contributed by atoms with Gasteiger partial charge in [0.05, 0.1) is 6.04 Å². The van der Waals surface area contributed by atoms with Gasteiger partial charge in [0.2, 0.25) is 5.91 Å². The highest BCUT2D eigenvalue weighted by Gasteiger charge is 2.17. The molecule has 3 aromatic rings. The molecule has 9 heteroatoms. The van der Waals surface area contributed by atoms with Crippen molar-refractivity contribution >= 4 is 34.9 Å². The van der Waals surface area contributed by atoms with E-state index in [9.17, 15) is 14.4 Å². The van der Waals surface area contributed by atoms with Crippen LogP contribution in [-0.4, -0.2) is 49.4 Å². The number of alkyl carbamates (subject to hydrolysis) is 2. The lowest BCUT2D eigenvalue weighted by atomic mass is 9.99. The fourth-order valence-corrected chi connectivity index (χ4v) is 4.17. The summed E-state index contributed by atoms with van der Waals surface area (Å²) in [6, 6.07) is 21.3. The molecule has 0 saturated carbocycles. The van der Waals surface area contributed by atoms with Crippen LogP contribution < -0.4 is 21.7 Å². The van der Waals surface area contributed by atoms with E-state index in [1.54, 1.807) is 0 Å². The van der Waals surface area contributed by atoms with Gasteiger partial charge in [0, 0.05) is 13.1 Å². The molecule has 42 heavy (non-hydrogen) atoms. The predicted octanol–water partition coefficient (Wildman–Crippen LogP) is 5.07. The monoisotopic (exact) mass is 574 g/mol. The first-order valence-corrected chi connectivity index (χ1v) is 14.2. The summed E-state index contributed by atoms with van der Waals surface area (Å²) in [5.41, 5.74) is 8.10. The van der Waals surface area contributed by atoms with E-state index >= 15 is 0 Å². The molecule has 224 valence electrons. The molecule has 0 spiro atoms. The van der Waals surface area contributed by atoms with Crippen LogP contribution in [0.2, 0.25) is 0 Å². The number of primary amides is 1. The molecule has 0 heterocycles. The maximum absolute atomic E-state index is 12.0. The number of benzene rings is 3. The van der Waals surface area contributed by atoms with E-state index < -0.39 is 29.7 Å². The van der Waals surface area contributed by atoms with Gasteiger partial charge in [0.25, 0.3) is 0 Å². The summed E-state index contributed by atoms with van der Waals surface area (Å²) < 4.78 is 10.4. The van der Waals surface area contributed by atoms with E-state index in [0.29, 0.717) is 38.9 Å². The molecule has 5 N–H and O–H groups in total. The summed E-state index contributed by atoms with van der Waals surface area (Å²) in [5, 5.41) is 10.8. The highest BCUT2D eigenvalue weighted by atomic mass is 16.6. The Morgan fingerprint density at radius 1 is 0.857 bits per heavy atom. The Balaban J connectivity index is 1.41. The number of carbonyl (C=O) groups excluding carboxylic acids is 3. The lowest BCUT2D eigenvalue weighted by Crippen LogP contribution is -2.44. The minimum atomic E-state index is -0.545. The first-order valence-electron chi connectivity index (χ1n) is 14.2. The Morgan fingerprint density at radius 3 is 2.31 bits per heavy atom. The van der Waals surface area contributed by atoms with Crippen LogP contribution in [0.15, 0.2) is 72.8 Å². The Hall–Kier alpha value is -4.37. The van der Waals surface area contributed by atoms with Crippen LogP contribution in [0, 0.1) is 0 Å². The van der Waals surface area contributed by atoms with Crippen LogP contribution in [0.3, 0.4) is 0 Å². The summed E-state index contributed by atoms with van der Waals surface area (Å²) in [7, 11) is 0. The summed E-state index contributed by atoms with van der Waals surface area (Å²) in [6.07, 6.45) is 4.92. The van der Waals surface area contributed by atoms with Crippen molar-refractivity contribution in [3.63, 3.8) is 0 Å². The van der Waals surface area contributed by atoms with Gasteiger partial charge in [-0.3, -0.25) is 4.79 Å². The van der Waals surface area contributed by atoms with Crippen molar-refractivity contribution in [3.05, 3.63) is 89.5 Å². The normalized spacial score (nSPS) is 12.2. The van der Waals surface area contributed by atoms with Gasteiger partial charge in [0.15, 0.2) is 0 Å². The van der Waals surface area contributed by atoms with Crippen molar-refractivity contribution in [2.24, 2.45) is 5.73 Å². The maximum atomic E-state index is 12.0. The average Bonchev–Trinajstić information content (AvgIpc) is 2.94. The Kier molecular flexibility index (Phi) is 12.4. The van der Waals surface area contributed by atoms with Gasteiger partial charge in [-0.2, -0.15) is 0 Å². The topological polar surface area (TPSA) is 132 Å². The van der Waals surface area contributed by atoms with Crippen LogP contribution in [0.5, 0.6) is 0 Å². The number of ether oxygens (including phenoxy) is 2. The molecule has 0 saturated heterocycles. The van der Waals surface area contributed by atoms with Gasteiger partial charge in [-0.25, -0.2) is 9.59 Å². The highest BCUT2D eigenvalue weighted by molar-refractivity contribution is 5.86. The van der Waals surface area contributed by atoms with E-state index in [1.807, 2.05) is 87.5 Å². The van der Waals surface area contributed by atoms with Crippen LogP contribution in [0.25, 0.3) is 16.8 Å². The van der Waals surface area contributed by atoms with E-state index in [4.69, 9.17) is 15.2 Å². The molecule has 0 fully saturated rings. The largest absolute Gasteiger partial charge is 0.445 e. The molecule has 0 aliphatic rings. The Bertz CT molecular complexity index is 1350. The number of nitrogens with one attached hydrogen (secondary N) is 3. The first-order chi connectivity index (χ1) is 20.1. The van der Waals surface area contributed by atoms with E-state index in [1.165, 1.54) is 0 Å². The summed E-state index contributed by atoms with van der Waals surface area (Å²) in [6.45, 7) is 7.12. The lowest BCUT2D eigenvalue weighted by Gasteiger charge is -2.20. The van der Waals surface area contributed by atoms with E-state index in [2.05, 4.69) is 28.1 Å². The van der Waals surface area contributed by atoms with Crippen molar-refractivity contribution in [2.45, 2.75) is 58.3 Å². The zero-order valence-electron chi connectivity index (χ0n) is 24.7. The van der Waals surface area contributed by atoms with Gasteiger partial charge >= 0.3 is 12.2 Å². The number of hydrogen-bond acceptors (Lipinski definition) is 6. The standard InChI is InChI=1S/C33H42N4O5/c1-33(2,3)42-32(40)37-19-9-18-35-29(30(34)38)22-26-14-16-27-20-24(13-15-28(27)21-26)10-7-8-17-36-31(39)41-23-25-11-5-4-6-12-25/h4-7,10-16,20-21,29,35H,8-9,17-19,22-23H2,1-3H3,(H2,34,38)(H,36,39)(H,37,40)/t29-/m0/s1. The summed E-state index contributed by atoms with van der Waals surface area (Å²) >= 11 is 0. The van der Waals surface area contributed by atoms with Crippen molar-refractivity contribution in [1.29, 1.82) is 0 Å². The molecule has 3 rings (SSSR count). The highest BCUT2D eigenvalue weighted by Crippen LogP contribution is 2.20. The fraction of sp³-hybridized carbons (Fsp3) is 0.364. The van der Waals surface area contributed by atoms with Crippen molar-refractivity contribution in [3.8, 4) is 0 Å². The second-order valence-corrected chi connectivity index (χ2v) is 11.0. The van der Waals surface area contributed by atoms with Crippen molar-refractivity contribution in [2.75, 3.05) is 19.6 Å². The Labute approximate surface area is 247 Å². The van der Waals surface area contributed by atoms with Crippen molar-refractivity contribution < 1.29 is 23.9 Å². The average molecular weight is 575 g/mol. The number of amides is 3. The molecule has 0 bridgehead atoms. The predicted molar refractivity (Wildman–Crippen MR) is 166 cm³/mol. The second-order valence-electron chi connectivity index (χ2n) is 11.0. The molecule has 3 aromatic carbocycles. The summed E-state index contributed by atoms with van der Waals surface area (Å²) in [4.78, 5) is 35.7. The number of rotatable bonds is 14. The Morgan fingerprint density at radius 2 is 1.57 bits per heavy atom. The smallest absolute Gasteiger partial charge is 0.407 e. The number of nitrogens with two attached hydrogens (primary N) is 1. The molecule has 0 unspecified atom stereocenters. The van der Waals surface area contributed by atoms with Crippen LogP contribution in [0.1, 0.15) is 50.3 Å². The van der Waals surface area contributed by atoms with Gasteiger partial charge < -0.3 is 31.2 Å². The lowest BCUT2D eigenvalue weighted by molar-refractivity contribution is -0.120. The maximum Gasteiger partial charge on any atom is 0.407 e. The zero-order valence-corrected chi connectivity index (χ0v) is 24.7. The third kappa shape index (κ3) is 12.0. The third-order valence-corrected chi connectivity index (χ3v) is 6.23. The van der Waals surface area contributed by atoms with Crippen LogP contribution in [-0.2, 0) is 27.3 Å². The second kappa shape index (κ2) is 16.2. The molecule has 3 amide bonds. The van der Waals surface area contributed by atoms with E-state index in [0.717, 1.165) is 27.5 Å². The van der Waals surface area contributed by atoms with Crippen LogP contribution >= 0.6 is 0 Å². The molecule has 0 aliphatic carbocycles. The molecule has 1 atom stereocenters. The minimum absolute atomic E-state index is 0.246. The summed E-state index contributed by atoms with van der Waals surface area (Å²) in [5.74, 6) is -0.422. The van der Waals surface area contributed by atoms with Gasteiger partial charge in [-0.1, -0.05) is 72.8 Å². The molecular weight excluding hydrogens is 532 g/mol. The van der Waals surface area contributed by atoms with Gasteiger partial charge in [-0.15, -0.1) is 0 Å². The molecule has 0 aliphatic heterocycles. The van der Waals surface area contributed by atoms with Gasteiger partial charge in [0.1, 0.15) is 12.2 Å². The molecular formula is C33H42N4O5. The number of fused-ring (bicyclic) bond motifs is 1. The molecule has 9 nitrogen and oxygen atoms in total. The zero-order chi connectivity index (χ0) is 30.4.